The number of amidine groups is 1. The van der Waals surface area contributed by atoms with E-state index in [1.165, 1.54) is 24.2 Å². The quantitative estimate of drug-likeness (QED) is 0.654. The molecule has 2 heterocycles. The lowest BCUT2D eigenvalue weighted by Gasteiger charge is -2.02. The molecule has 3 N–H and O–H groups in total. The minimum Gasteiger partial charge on any atom is -0.382 e. The number of aromatic nitrogens is 3. The number of halogens is 1. The highest BCUT2D eigenvalue weighted by Crippen LogP contribution is 2.29. The molecular formula is C10H8ClN5S. The van der Waals surface area contributed by atoms with Crippen molar-refractivity contribution in [2.24, 2.45) is 5.73 Å². The van der Waals surface area contributed by atoms with Crippen LogP contribution in [0.2, 0.25) is 5.02 Å². The Hall–Kier alpha value is -1.66. The monoisotopic (exact) mass is 265 g/mol. The van der Waals surface area contributed by atoms with Crippen molar-refractivity contribution in [1.29, 1.82) is 5.41 Å². The maximum atomic E-state index is 7.20. The molecule has 7 heteroatoms. The summed E-state index contributed by atoms with van der Waals surface area (Å²) in [7, 11) is 0. The third kappa shape index (κ3) is 2.92. The van der Waals surface area contributed by atoms with Crippen LogP contribution >= 0.6 is 23.4 Å². The van der Waals surface area contributed by atoms with Crippen molar-refractivity contribution >= 4 is 29.2 Å². The van der Waals surface area contributed by atoms with E-state index < -0.39 is 0 Å². The number of rotatable bonds is 3. The summed E-state index contributed by atoms with van der Waals surface area (Å²) in [6, 6.07) is 3.52. The van der Waals surface area contributed by atoms with Gasteiger partial charge in [0.2, 0.25) is 0 Å². The number of nitrogens with one attached hydrogen (secondary N) is 1. The molecule has 0 saturated heterocycles. The fraction of sp³-hybridized carbons (Fsp3) is 0. The second kappa shape index (κ2) is 5.11. The molecule has 0 aliphatic heterocycles. The van der Waals surface area contributed by atoms with Crippen molar-refractivity contribution in [3.63, 3.8) is 0 Å². The van der Waals surface area contributed by atoms with Crippen LogP contribution in [0.1, 0.15) is 5.69 Å². The number of hydrogen-bond acceptors (Lipinski definition) is 5. The normalized spacial score (nSPS) is 10.2. The number of pyridine rings is 1. The van der Waals surface area contributed by atoms with Gasteiger partial charge in [-0.25, -0.2) is 15.0 Å². The molecule has 17 heavy (non-hydrogen) atoms. The minimum atomic E-state index is -0.107. The summed E-state index contributed by atoms with van der Waals surface area (Å²) in [4.78, 5) is 12.2. The predicted octanol–water partition coefficient (Wildman–Crippen LogP) is 1.96. The summed E-state index contributed by atoms with van der Waals surface area (Å²) in [5.41, 5.74) is 5.63. The first-order valence-corrected chi connectivity index (χ1v) is 5.81. The van der Waals surface area contributed by atoms with Crippen LogP contribution in [-0.2, 0) is 0 Å². The van der Waals surface area contributed by atoms with Crippen LogP contribution < -0.4 is 5.73 Å². The van der Waals surface area contributed by atoms with Crippen LogP contribution in [0.15, 0.2) is 40.8 Å². The van der Waals surface area contributed by atoms with Crippen LogP contribution in [0.5, 0.6) is 0 Å². The Bertz CT molecular complexity index is 543. The standard InChI is InChI=1S/C10H8ClN5S/c11-6-2-1-3-14-10(6)17-8-5-15-7(4-16-8)9(12)13/h1-5H,(H3,12,13). The Morgan fingerprint density at radius 2 is 2.12 bits per heavy atom. The predicted molar refractivity (Wildman–Crippen MR) is 66.4 cm³/mol. The molecule has 0 aliphatic rings. The average molecular weight is 266 g/mol. The van der Waals surface area contributed by atoms with Crippen molar-refractivity contribution in [3.8, 4) is 0 Å². The maximum Gasteiger partial charge on any atom is 0.143 e. The molecule has 0 saturated carbocycles. The highest BCUT2D eigenvalue weighted by Gasteiger charge is 2.06. The largest absolute Gasteiger partial charge is 0.382 e. The van der Waals surface area contributed by atoms with E-state index >= 15 is 0 Å². The van der Waals surface area contributed by atoms with Gasteiger partial charge in [0, 0.05) is 6.20 Å². The van der Waals surface area contributed by atoms with E-state index in [-0.39, 0.29) is 5.84 Å². The molecule has 2 aromatic heterocycles. The zero-order chi connectivity index (χ0) is 12.3. The minimum absolute atomic E-state index is 0.107. The average Bonchev–Trinajstić information content (AvgIpc) is 2.33. The molecule has 5 nitrogen and oxygen atoms in total. The summed E-state index contributed by atoms with van der Waals surface area (Å²) < 4.78 is 0. The maximum absolute atomic E-state index is 7.20. The summed E-state index contributed by atoms with van der Waals surface area (Å²) in [6.07, 6.45) is 4.64. The molecule has 86 valence electrons. The SMILES string of the molecule is N=C(N)c1cnc(Sc2ncccc2Cl)cn1. The van der Waals surface area contributed by atoms with E-state index in [4.69, 9.17) is 22.7 Å². The molecule has 0 atom stereocenters. The first-order valence-electron chi connectivity index (χ1n) is 4.61. The van der Waals surface area contributed by atoms with Crippen molar-refractivity contribution in [1.82, 2.24) is 15.0 Å². The van der Waals surface area contributed by atoms with E-state index in [0.29, 0.717) is 20.8 Å². The number of nitrogens with zero attached hydrogens (tertiary/aromatic N) is 3. The summed E-state index contributed by atoms with van der Waals surface area (Å²) in [5.74, 6) is -0.107. The van der Waals surface area contributed by atoms with E-state index in [1.54, 1.807) is 18.3 Å². The van der Waals surface area contributed by atoms with Gasteiger partial charge < -0.3 is 5.73 Å². The molecule has 0 fully saturated rings. The second-order valence-electron chi connectivity index (χ2n) is 3.05. The molecule has 0 radical (unpaired) electrons. The van der Waals surface area contributed by atoms with Crippen molar-refractivity contribution in [2.75, 3.05) is 0 Å². The Labute approximate surface area is 107 Å². The third-order valence-corrected chi connectivity index (χ3v) is 3.19. The van der Waals surface area contributed by atoms with Gasteiger partial charge >= 0.3 is 0 Å². The van der Waals surface area contributed by atoms with E-state index in [1.807, 2.05) is 0 Å². The lowest BCUT2D eigenvalue weighted by molar-refractivity contribution is 1.03. The van der Waals surface area contributed by atoms with Crippen LogP contribution in [0.3, 0.4) is 0 Å². The summed E-state index contributed by atoms with van der Waals surface area (Å²) >= 11 is 7.28. The van der Waals surface area contributed by atoms with Gasteiger partial charge in [0.25, 0.3) is 0 Å². The highest BCUT2D eigenvalue weighted by molar-refractivity contribution is 7.99. The van der Waals surface area contributed by atoms with Gasteiger partial charge in [-0.05, 0) is 23.9 Å². The number of hydrogen-bond donors (Lipinski definition) is 2. The topological polar surface area (TPSA) is 88.5 Å². The molecule has 0 bridgehead atoms. The van der Waals surface area contributed by atoms with Crippen molar-refractivity contribution < 1.29 is 0 Å². The first-order chi connectivity index (χ1) is 8.16. The van der Waals surface area contributed by atoms with Crippen molar-refractivity contribution in [3.05, 3.63) is 41.4 Å². The molecule has 0 spiro atoms. The van der Waals surface area contributed by atoms with Gasteiger partial charge in [0.15, 0.2) is 0 Å². The van der Waals surface area contributed by atoms with Gasteiger partial charge in [-0.1, -0.05) is 11.6 Å². The van der Waals surface area contributed by atoms with Gasteiger partial charge in [-0.2, -0.15) is 0 Å². The zero-order valence-corrected chi connectivity index (χ0v) is 10.2. The van der Waals surface area contributed by atoms with E-state index in [0.717, 1.165) is 0 Å². The number of nitrogen functional groups attached to an aromatic ring is 1. The molecule has 2 rings (SSSR count). The van der Waals surface area contributed by atoms with Crippen molar-refractivity contribution in [2.45, 2.75) is 10.1 Å². The van der Waals surface area contributed by atoms with Gasteiger partial charge in [-0.3, -0.25) is 5.41 Å². The fourth-order valence-corrected chi connectivity index (χ4v) is 1.98. The molecule has 0 aromatic carbocycles. The van der Waals surface area contributed by atoms with Crippen LogP contribution in [0.25, 0.3) is 0 Å². The molecule has 0 unspecified atom stereocenters. The lowest BCUT2D eigenvalue weighted by Crippen LogP contribution is -2.13. The summed E-state index contributed by atoms with van der Waals surface area (Å²) in [6.45, 7) is 0. The van der Waals surface area contributed by atoms with E-state index in [9.17, 15) is 0 Å². The zero-order valence-electron chi connectivity index (χ0n) is 8.59. The molecule has 2 aromatic rings. The van der Waals surface area contributed by atoms with Gasteiger partial charge in [0.1, 0.15) is 21.6 Å². The Morgan fingerprint density at radius 3 is 2.71 bits per heavy atom. The second-order valence-corrected chi connectivity index (χ2v) is 4.46. The smallest absolute Gasteiger partial charge is 0.143 e. The number of nitrogens with two attached hydrogens (primary N) is 1. The molecule has 0 amide bonds. The fourth-order valence-electron chi connectivity index (χ4n) is 1.05. The lowest BCUT2D eigenvalue weighted by atomic mass is 10.4. The van der Waals surface area contributed by atoms with Gasteiger partial charge in [-0.15, -0.1) is 0 Å². The third-order valence-electron chi connectivity index (χ3n) is 1.83. The van der Waals surface area contributed by atoms with Crippen LogP contribution in [0, 0.1) is 5.41 Å². The Kier molecular flexibility index (Phi) is 3.55. The van der Waals surface area contributed by atoms with Gasteiger partial charge in [0.05, 0.1) is 17.4 Å². The Morgan fingerprint density at radius 1 is 1.29 bits per heavy atom. The Balaban J connectivity index is 2.20. The first kappa shape index (κ1) is 11.8. The van der Waals surface area contributed by atoms with Crippen LogP contribution in [0.4, 0.5) is 0 Å². The van der Waals surface area contributed by atoms with Crippen LogP contribution in [-0.4, -0.2) is 20.8 Å². The molecular weight excluding hydrogens is 258 g/mol. The summed E-state index contributed by atoms with van der Waals surface area (Å²) in [5, 5.41) is 9.08. The molecule has 0 aliphatic carbocycles. The highest BCUT2D eigenvalue weighted by atomic mass is 35.5. The van der Waals surface area contributed by atoms with E-state index in [2.05, 4.69) is 15.0 Å².